The first-order chi connectivity index (χ1) is 9.77. The van der Waals surface area contributed by atoms with Crippen molar-refractivity contribution in [2.75, 3.05) is 6.54 Å². The van der Waals surface area contributed by atoms with Crippen LogP contribution in [0.25, 0.3) is 0 Å². The van der Waals surface area contributed by atoms with E-state index in [1.807, 2.05) is 12.1 Å². The molecule has 1 heterocycles. The summed E-state index contributed by atoms with van der Waals surface area (Å²) in [5, 5.41) is 0. The highest BCUT2D eigenvalue weighted by Crippen LogP contribution is 2.28. The number of carbonyl (C=O) groups excluding carboxylic acids is 2. The van der Waals surface area contributed by atoms with E-state index in [4.69, 9.17) is 0 Å². The van der Waals surface area contributed by atoms with Crippen molar-refractivity contribution in [3.8, 4) is 0 Å². The van der Waals surface area contributed by atoms with Gasteiger partial charge in [0.15, 0.2) is 0 Å². The van der Waals surface area contributed by atoms with E-state index in [2.05, 4.69) is 0 Å². The van der Waals surface area contributed by atoms with Crippen LogP contribution in [0.5, 0.6) is 0 Å². The number of carbonyl (C=O) groups is 2. The van der Waals surface area contributed by atoms with Gasteiger partial charge in [0.1, 0.15) is 0 Å². The molecule has 0 radical (unpaired) electrons. The average molecular weight is 271 g/mol. The third kappa shape index (κ3) is 2.49. The minimum absolute atomic E-state index is 0.116. The summed E-state index contributed by atoms with van der Waals surface area (Å²) in [7, 11) is 0. The third-order valence-corrected chi connectivity index (χ3v) is 4.60. The number of imide groups is 1. The largest absolute Gasteiger partial charge is 0.274 e. The fourth-order valence-electron chi connectivity index (χ4n) is 3.46. The van der Waals surface area contributed by atoms with E-state index >= 15 is 0 Å². The fourth-order valence-corrected chi connectivity index (χ4v) is 3.46. The highest BCUT2D eigenvalue weighted by Gasteiger charge is 2.34. The molecule has 3 heteroatoms. The van der Waals surface area contributed by atoms with Gasteiger partial charge in [0.2, 0.25) is 0 Å². The van der Waals surface area contributed by atoms with E-state index in [0.29, 0.717) is 17.7 Å². The molecule has 1 aromatic rings. The quantitative estimate of drug-likeness (QED) is 0.784. The van der Waals surface area contributed by atoms with Crippen molar-refractivity contribution in [3.63, 3.8) is 0 Å². The number of hydrogen-bond acceptors (Lipinski definition) is 2. The Balaban J connectivity index is 1.56. The predicted octanol–water partition coefficient (Wildman–Crippen LogP) is 3.64. The van der Waals surface area contributed by atoms with Crippen LogP contribution in [0.1, 0.15) is 65.7 Å². The molecule has 1 aliphatic carbocycles. The van der Waals surface area contributed by atoms with Crippen LogP contribution in [0.4, 0.5) is 0 Å². The molecule has 20 heavy (non-hydrogen) atoms. The predicted molar refractivity (Wildman–Crippen MR) is 77.6 cm³/mol. The van der Waals surface area contributed by atoms with E-state index in [9.17, 15) is 9.59 Å². The summed E-state index contributed by atoms with van der Waals surface area (Å²) in [6.07, 6.45) is 8.79. The molecule has 3 nitrogen and oxygen atoms in total. The Hall–Kier alpha value is -1.64. The van der Waals surface area contributed by atoms with Gasteiger partial charge in [0.05, 0.1) is 11.1 Å². The van der Waals surface area contributed by atoms with Gasteiger partial charge in [-0.05, 0) is 30.9 Å². The zero-order valence-electron chi connectivity index (χ0n) is 11.8. The maximum absolute atomic E-state index is 12.2. The Kier molecular flexibility index (Phi) is 3.86. The van der Waals surface area contributed by atoms with E-state index in [1.165, 1.54) is 37.0 Å². The lowest BCUT2D eigenvalue weighted by Crippen LogP contribution is -2.31. The minimum Gasteiger partial charge on any atom is -0.274 e. The molecule has 0 N–H and O–H groups in total. The summed E-state index contributed by atoms with van der Waals surface area (Å²) in [5.74, 6) is 0.572. The topological polar surface area (TPSA) is 37.4 Å². The summed E-state index contributed by atoms with van der Waals surface area (Å²) in [6.45, 7) is 0.572. The number of hydrogen-bond donors (Lipinski definition) is 0. The van der Waals surface area contributed by atoms with Crippen LogP contribution in [0.2, 0.25) is 0 Å². The average Bonchev–Trinajstić information content (AvgIpc) is 2.74. The number of nitrogens with zero attached hydrogens (tertiary/aromatic N) is 1. The van der Waals surface area contributed by atoms with Gasteiger partial charge < -0.3 is 0 Å². The van der Waals surface area contributed by atoms with E-state index < -0.39 is 0 Å². The van der Waals surface area contributed by atoms with Gasteiger partial charge in [-0.3, -0.25) is 14.5 Å². The molecule has 1 aromatic carbocycles. The molecule has 106 valence electrons. The molecule has 1 aliphatic heterocycles. The molecule has 2 aliphatic rings. The fraction of sp³-hybridized carbons (Fsp3) is 0.529. The van der Waals surface area contributed by atoms with Gasteiger partial charge in [-0.25, -0.2) is 0 Å². The first-order valence-corrected chi connectivity index (χ1v) is 7.72. The maximum Gasteiger partial charge on any atom is 0.261 e. The number of fused-ring (bicyclic) bond motifs is 1. The molecule has 0 atom stereocenters. The second kappa shape index (κ2) is 5.78. The van der Waals surface area contributed by atoms with Gasteiger partial charge in [-0.15, -0.1) is 0 Å². The molecular weight excluding hydrogens is 250 g/mol. The summed E-state index contributed by atoms with van der Waals surface area (Å²) in [6, 6.07) is 7.12. The SMILES string of the molecule is O=C1c2ccccc2C(=O)N1CCCC1CCCCC1. The van der Waals surface area contributed by atoms with E-state index in [1.54, 1.807) is 12.1 Å². The second-order valence-electron chi connectivity index (χ2n) is 5.95. The summed E-state index contributed by atoms with van der Waals surface area (Å²) in [5.41, 5.74) is 1.13. The van der Waals surface area contributed by atoms with Crippen molar-refractivity contribution in [1.29, 1.82) is 0 Å². The lowest BCUT2D eigenvalue weighted by Gasteiger charge is -2.22. The highest BCUT2D eigenvalue weighted by atomic mass is 16.2. The maximum atomic E-state index is 12.2. The summed E-state index contributed by atoms with van der Waals surface area (Å²) in [4.78, 5) is 25.8. The van der Waals surface area contributed by atoms with Crippen molar-refractivity contribution < 1.29 is 9.59 Å². The zero-order chi connectivity index (χ0) is 13.9. The molecule has 0 spiro atoms. The smallest absolute Gasteiger partial charge is 0.261 e. The van der Waals surface area contributed by atoms with Crippen LogP contribution in [0, 0.1) is 5.92 Å². The van der Waals surface area contributed by atoms with Gasteiger partial charge in [0, 0.05) is 6.54 Å². The van der Waals surface area contributed by atoms with Crippen molar-refractivity contribution in [2.24, 2.45) is 5.92 Å². The van der Waals surface area contributed by atoms with Crippen LogP contribution in [-0.4, -0.2) is 23.3 Å². The number of rotatable bonds is 4. The molecule has 1 fully saturated rings. The van der Waals surface area contributed by atoms with Crippen molar-refractivity contribution >= 4 is 11.8 Å². The third-order valence-electron chi connectivity index (χ3n) is 4.60. The second-order valence-corrected chi connectivity index (χ2v) is 5.95. The van der Waals surface area contributed by atoms with Crippen LogP contribution < -0.4 is 0 Å². The minimum atomic E-state index is -0.116. The van der Waals surface area contributed by atoms with E-state index in [0.717, 1.165) is 18.8 Å². The number of benzene rings is 1. The summed E-state index contributed by atoms with van der Waals surface area (Å²) < 4.78 is 0. The van der Waals surface area contributed by atoms with Gasteiger partial charge in [-0.1, -0.05) is 44.2 Å². The normalized spacial score (nSPS) is 19.5. The molecule has 0 bridgehead atoms. The van der Waals surface area contributed by atoms with Crippen LogP contribution in [0.15, 0.2) is 24.3 Å². The van der Waals surface area contributed by atoms with Gasteiger partial charge in [0.25, 0.3) is 11.8 Å². The Labute approximate surface area is 120 Å². The van der Waals surface area contributed by atoms with Crippen LogP contribution in [-0.2, 0) is 0 Å². The van der Waals surface area contributed by atoms with Crippen molar-refractivity contribution in [2.45, 2.75) is 44.9 Å². The monoisotopic (exact) mass is 271 g/mol. The molecule has 1 saturated carbocycles. The Bertz CT molecular complexity index is 482. The highest BCUT2D eigenvalue weighted by molar-refractivity contribution is 6.21. The Morgan fingerprint density at radius 1 is 0.950 bits per heavy atom. The van der Waals surface area contributed by atoms with Crippen molar-refractivity contribution in [1.82, 2.24) is 4.90 Å². The molecule has 3 rings (SSSR count). The zero-order valence-corrected chi connectivity index (χ0v) is 11.8. The van der Waals surface area contributed by atoms with Gasteiger partial charge >= 0.3 is 0 Å². The van der Waals surface area contributed by atoms with Crippen molar-refractivity contribution in [3.05, 3.63) is 35.4 Å². The first kappa shape index (κ1) is 13.3. The molecule has 0 unspecified atom stereocenters. The molecule has 2 amide bonds. The molecule has 0 aromatic heterocycles. The number of amides is 2. The first-order valence-electron chi connectivity index (χ1n) is 7.72. The lowest BCUT2D eigenvalue weighted by atomic mass is 9.86. The summed E-state index contributed by atoms with van der Waals surface area (Å²) >= 11 is 0. The molecular formula is C17H21NO2. The van der Waals surface area contributed by atoms with Gasteiger partial charge in [-0.2, -0.15) is 0 Å². The van der Waals surface area contributed by atoms with Crippen LogP contribution >= 0.6 is 0 Å². The lowest BCUT2D eigenvalue weighted by molar-refractivity contribution is 0.0648. The standard InChI is InChI=1S/C17H21NO2/c19-16-14-10-4-5-11-15(14)17(20)18(16)12-6-9-13-7-2-1-3-8-13/h4-5,10-11,13H,1-3,6-9,12H2. The van der Waals surface area contributed by atoms with Crippen LogP contribution in [0.3, 0.4) is 0 Å². The molecule has 0 saturated heterocycles. The Morgan fingerprint density at radius 3 is 2.15 bits per heavy atom. The Morgan fingerprint density at radius 2 is 1.55 bits per heavy atom. The van der Waals surface area contributed by atoms with E-state index in [-0.39, 0.29) is 11.8 Å².